The fourth-order valence-electron chi connectivity index (χ4n) is 2.03. The van der Waals surface area contributed by atoms with Crippen LogP contribution in [0.1, 0.15) is 12.0 Å². The van der Waals surface area contributed by atoms with Gasteiger partial charge in [0.05, 0.1) is 6.54 Å². The molecule has 0 atom stereocenters. The third kappa shape index (κ3) is 5.28. The summed E-state index contributed by atoms with van der Waals surface area (Å²) in [6.07, 6.45) is 1.54. The summed E-state index contributed by atoms with van der Waals surface area (Å²) in [6, 6.07) is 17.3. The van der Waals surface area contributed by atoms with Crippen molar-refractivity contribution in [1.82, 2.24) is 0 Å². The van der Waals surface area contributed by atoms with Gasteiger partial charge in [-0.1, -0.05) is 30.3 Å². The third-order valence-electron chi connectivity index (χ3n) is 3.06. The number of anilines is 2. The number of amides is 1. The highest BCUT2D eigenvalue weighted by Gasteiger charge is 2.03. The summed E-state index contributed by atoms with van der Waals surface area (Å²) < 4.78 is 0. The van der Waals surface area contributed by atoms with E-state index in [-0.39, 0.29) is 19.1 Å². The molecule has 21 heavy (non-hydrogen) atoms. The third-order valence-corrected chi connectivity index (χ3v) is 3.06. The molecule has 4 heteroatoms. The van der Waals surface area contributed by atoms with Crippen LogP contribution in [0, 0.1) is 0 Å². The lowest BCUT2D eigenvalue weighted by molar-refractivity contribution is -0.114. The molecule has 0 unspecified atom stereocenters. The van der Waals surface area contributed by atoms with E-state index in [2.05, 4.69) is 10.6 Å². The number of hydrogen-bond donors (Lipinski definition) is 3. The highest BCUT2D eigenvalue weighted by atomic mass is 16.2. The largest absolute Gasteiger partial charge is 0.396 e. The topological polar surface area (TPSA) is 61.4 Å². The molecule has 0 saturated carbocycles. The minimum Gasteiger partial charge on any atom is -0.396 e. The minimum absolute atomic E-state index is 0.0850. The Kier molecular flexibility index (Phi) is 5.79. The van der Waals surface area contributed by atoms with Crippen LogP contribution in [0.25, 0.3) is 0 Å². The van der Waals surface area contributed by atoms with Gasteiger partial charge in [0.25, 0.3) is 0 Å². The Morgan fingerprint density at radius 3 is 2.52 bits per heavy atom. The molecule has 0 spiro atoms. The second-order valence-corrected chi connectivity index (χ2v) is 4.80. The van der Waals surface area contributed by atoms with Crippen LogP contribution in [0.4, 0.5) is 11.4 Å². The van der Waals surface area contributed by atoms with E-state index in [1.165, 1.54) is 0 Å². The first-order valence-electron chi connectivity index (χ1n) is 7.06. The van der Waals surface area contributed by atoms with Gasteiger partial charge in [-0.3, -0.25) is 4.79 Å². The van der Waals surface area contributed by atoms with Gasteiger partial charge in [0.2, 0.25) is 5.91 Å². The van der Waals surface area contributed by atoms with E-state index >= 15 is 0 Å². The Balaban J connectivity index is 1.84. The van der Waals surface area contributed by atoms with Crippen LogP contribution in [0.2, 0.25) is 0 Å². The van der Waals surface area contributed by atoms with Gasteiger partial charge in [-0.2, -0.15) is 0 Å². The van der Waals surface area contributed by atoms with Crippen LogP contribution in [0.15, 0.2) is 54.6 Å². The predicted octanol–water partition coefficient (Wildman–Crippen LogP) is 2.66. The summed E-state index contributed by atoms with van der Waals surface area (Å²) in [5.41, 5.74) is 2.81. The molecule has 0 saturated heterocycles. The van der Waals surface area contributed by atoms with Crippen LogP contribution < -0.4 is 10.6 Å². The SMILES string of the molecule is O=C(CNc1ccccc1)Nc1cccc(CCCO)c1. The summed E-state index contributed by atoms with van der Waals surface area (Å²) in [5.74, 6) is -0.0850. The van der Waals surface area contributed by atoms with Gasteiger partial charge >= 0.3 is 0 Å². The Morgan fingerprint density at radius 2 is 1.76 bits per heavy atom. The molecule has 3 N–H and O–H groups in total. The van der Waals surface area contributed by atoms with Crippen molar-refractivity contribution in [3.05, 3.63) is 60.2 Å². The first-order chi connectivity index (χ1) is 10.3. The van der Waals surface area contributed by atoms with Gasteiger partial charge in [-0.05, 0) is 42.7 Å². The molecule has 0 fully saturated rings. The van der Waals surface area contributed by atoms with E-state index in [0.717, 1.165) is 29.8 Å². The molecule has 0 aliphatic rings. The Morgan fingerprint density at radius 1 is 1.00 bits per heavy atom. The summed E-state index contributed by atoms with van der Waals surface area (Å²) in [7, 11) is 0. The molecule has 0 radical (unpaired) electrons. The molecular formula is C17H20N2O2. The van der Waals surface area contributed by atoms with Crippen molar-refractivity contribution < 1.29 is 9.90 Å². The van der Waals surface area contributed by atoms with Crippen LogP contribution >= 0.6 is 0 Å². The zero-order valence-electron chi connectivity index (χ0n) is 11.9. The van der Waals surface area contributed by atoms with Crippen molar-refractivity contribution >= 4 is 17.3 Å². The number of benzene rings is 2. The van der Waals surface area contributed by atoms with Crippen molar-refractivity contribution in [3.8, 4) is 0 Å². The number of carbonyl (C=O) groups is 1. The van der Waals surface area contributed by atoms with Crippen LogP contribution in [-0.2, 0) is 11.2 Å². The number of aliphatic hydroxyl groups excluding tert-OH is 1. The average Bonchev–Trinajstić information content (AvgIpc) is 2.52. The normalized spacial score (nSPS) is 10.1. The number of aryl methyl sites for hydroxylation is 1. The number of rotatable bonds is 7. The van der Waals surface area contributed by atoms with Gasteiger partial charge in [-0.25, -0.2) is 0 Å². The number of nitrogens with one attached hydrogen (secondary N) is 2. The molecule has 0 aliphatic carbocycles. The fourth-order valence-corrected chi connectivity index (χ4v) is 2.03. The van der Waals surface area contributed by atoms with Gasteiger partial charge in [-0.15, -0.1) is 0 Å². The zero-order valence-corrected chi connectivity index (χ0v) is 11.9. The second-order valence-electron chi connectivity index (χ2n) is 4.80. The Bertz CT molecular complexity index is 570. The Hall–Kier alpha value is -2.33. The maximum Gasteiger partial charge on any atom is 0.243 e. The smallest absolute Gasteiger partial charge is 0.243 e. The molecule has 4 nitrogen and oxygen atoms in total. The van der Waals surface area contributed by atoms with Crippen LogP contribution in [0.5, 0.6) is 0 Å². The lowest BCUT2D eigenvalue weighted by Crippen LogP contribution is -2.21. The molecule has 0 aromatic heterocycles. The molecule has 1 amide bonds. The first-order valence-corrected chi connectivity index (χ1v) is 7.06. The number of para-hydroxylation sites is 1. The van der Waals surface area contributed by atoms with Crippen molar-refractivity contribution in [2.24, 2.45) is 0 Å². The molecule has 0 bridgehead atoms. The molecule has 0 heterocycles. The van der Waals surface area contributed by atoms with Gasteiger partial charge in [0.15, 0.2) is 0 Å². The van der Waals surface area contributed by atoms with Gasteiger partial charge < -0.3 is 15.7 Å². The van der Waals surface area contributed by atoms with Crippen molar-refractivity contribution in [1.29, 1.82) is 0 Å². The lowest BCUT2D eigenvalue weighted by Gasteiger charge is -2.09. The van der Waals surface area contributed by atoms with Crippen molar-refractivity contribution in [3.63, 3.8) is 0 Å². The highest BCUT2D eigenvalue weighted by Crippen LogP contribution is 2.12. The van der Waals surface area contributed by atoms with Gasteiger partial charge in [0, 0.05) is 18.0 Å². The van der Waals surface area contributed by atoms with E-state index in [9.17, 15) is 4.79 Å². The predicted molar refractivity (Wildman–Crippen MR) is 85.4 cm³/mol. The quantitative estimate of drug-likeness (QED) is 0.732. The maximum absolute atomic E-state index is 11.9. The maximum atomic E-state index is 11.9. The highest BCUT2D eigenvalue weighted by molar-refractivity contribution is 5.93. The monoisotopic (exact) mass is 284 g/mol. The molecule has 2 aromatic carbocycles. The Labute approximate surface area is 124 Å². The summed E-state index contributed by atoms with van der Waals surface area (Å²) >= 11 is 0. The van der Waals surface area contributed by atoms with Crippen LogP contribution in [0.3, 0.4) is 0 Å². The number of carbonyl (C=O) groups excluding carboxylic acids is 1. The van der Waals surface area contributed by atoms with E-state index in [1.54, 1.807) is 0 Å². The van der Waals surface area contributed by atoms with Gasteiger partial charge in [0.1, 0.15) is 0 Å². The lowest BCUT2D eigenvalue weighted by atomic mass is 10.1. The van der Waals surface area contributed by atoms with E-state index in [1.807, 2.05) is 54.6 Å². The minimum atomic E-state index is -0.0850. The van der Waals surface area contributed by atoms with E-state index < -0.39 is 0 Å². The molecule has 2 rings (SSSR count). The second kappa shape index (κ2) is 8.07. The average molecular weight is 284 g/mol. The van der Waals surface area contributed by atoms with E-state index in [4.69, 9.17) is 5.11 Å². The summed E-state index contributed by atoms with van der Waals surface area (Å²) in [6.45, 7) is 0.405. The van der Waals surface area contributed by atoms with Crippen molar-refractivity contribution in [2.75, 3.05) is 23.8 Å². The first kappa shape index (κ1) is 15.1. The van der Waals surface area contributed by atoms with E-state index in [0.29, 0.717) is 0 Å². The summed E-state index contributed by atoms with van der Waals surface area (Å²) in [5, 5.41) is 14.8. The fraction of sp³-hybridized carbons (Fsp3) is 0.235. The van der Waals surface area contributed by atoms with Crippen LogP contribution in [-0.4, -0.2) is 24.2 Å². The van der Waals surface area contributed by atoms with Crippen molar-refractivity contribution in [2.45, 2.75) is 12.8 Å². The molecule has 0 aliphatic heterocycles. The standard InChI is InChI=1S/C17H20N2O2/c20-11-5-7-14-6-4-10-16(12-14)19-17(21)13-18-15-8-2-1-3-9-15/h1-4,6,8-10,12,18,20H,5,7,11,13H2,(H,19,21). The molecule has 110 valence electrons. The summed E-state index contributed by atoms with van der Waals surface area (Å²) in [4.78, 5) is 11.9. The molecular weight excluding hydrogens is 264 g/mol. The zero-order chi connectivity index (χ0) is 14.9. The number of hydrogen-bond acceptors (Lipinski definition) is 3. The molecule has 2 aromatic rings. The number of aliphatic hydroxyl groups is 1.